The van der Waals surface area contributed by atoms with Crippen LogP contribution >= 0.6 is 0 Å². The van der Waals surface area contributed by atoms with Crippen molar-refractivity contribution in [1.29, 1.82) is 0 Å². The van der Waals surface area contributed by atoms with Crippen molar-refractivity contribution in [2.24, 2.45) is 0 Å². The summed E-state index contributed by atoms with van der Waals surface area (Å²) in [5, 5.41) is 0. The van der Waals surface area contributed by atoms with Crippen LogP contribution in [0.3, 0.4) is 0 Å². The fraction of sp³-hybridized carbons (Fsp3) is 0.250. The zero-order valence-electron chi connectivity index (χ0n) is 14.3. The van der Waals surface area contributed by atoms with Gasteiger partial charge in [0.15, 0.2) is 0 Å². The molecule has 2 aromatic rings. The topological polar surface area (TPSA) is 39.4 Å². The van der Waals surface area contributed by atoms with E-state index in [0.717, 1.165) is 22.4 Å². The van der Waals surface area contributed by atoms with Crippen LogP contribution in [0.15, 0.2) is 39.6 Å². The standard InChI is InChI=1S/C20H22O3/c1-13-10-17(23-20(21)11-13)8-6-7-9-18-14(2)12-19(22-5)16(4)15(18)3/h6-12H,1-5H3/b8-6+,9-7+. The molecule has 3 heteroatoms. The second-order valence-electron chi connectivity index (χ2n) is 5.63. The second kappa shape index (κ2) is 7.14. The molecule has 2 rings (SSSR count). The zero-order valence-corrected chi connectivity index (χ0v) is 14.3. The van der Waals surface area contributed by atoms with Gasteiger partial charge in [0.25, 0.3) is 0 Å². The Labute approximate surface area is 136 Å². The van der Waals surface area contributed by atoms with Gasteiger partial charge in [0.2, 0.25) is 0 Å². The van der Waals surface area contributed by atoms with Gasteiger partial charge in [-0.1, -0.05) is 18.2 Å². The third-order valence-corrected chi connectivity index (χ3v) is 3.90. The van der Waals surface area contributed by atoms with Crippen LogP contribution in [0.25, 0.3) is 12.2 Å². The van der Waals surface area contributed by atoms with Crippen molar-refractivity contribution in [3.05, 3.63) is 74.3 Å². The van der Waals surface area contributed by atoms with Crippen molar-refractivity contribution in [2.75, 3.05) is 7.11 Å². The lowest BCUT2D eigenvalue weighted by atomic mass is 9.97. The number of rotatable bonds is 4. The highest BCUT2D eigenvalue weighted by atomic mass is 16.5. The summed E-state index contributed by atoms with van der Waals surface area (Å²) in [5.74, 6) is 1.47. The van der Waals surface area contributed by atoms with E-state index >= 15 is 0 Å². The summed E-state index contributed by atoms with van der Waals surface area (Å²) in [6.45, 7) is 8.09. The van der Waals surface area contributed by atoms with Gasteiger partial charge in [-0.05, 0) is 73.7 Å². The van der Waals surface area contributed by atoms with Crippen molar-refractivity contribution in [1.82, 2.24) is 0 Å². The molecule has 0 N–H and O–H groups in total. The number of allylic oxidation sites excluding steroid dienone is 2. The van der Waals surface area contributed by atoms with Crippen LogP contribution < -0.4 is 10.4 Å². The predicted molar refractivity (Wildman–Crippen MR) is 95.0 cm³/mol. The van der Waals surface area contributed by atoms with Gasteiger partial charge < -0.3 is 9.15 Å². The molecule has 0 amide bonds. The SMILES string of the molecule is COc1cc(C)c(/C=C/C=C/c2cc(C)cc(=O)o2)c(C)c1C. The van der Waals surface area contributed by atoms with E-state index in [9.17, 15) is 4.79 Å². The van der Waals surface area contributed by atoms with Crippen LogP contribution in [-0.2, 0) is 0 Å². The molecule has 1 aromatic carbocycles. The normalized spacial score (nSPS) is 11.5. The first kappa shape index (κ1) is 16.8. The molecule has 0 spiro atoms. The Morgan fingerprint density at radius 1 is 0.957 bits per heavy atom. The third-order valence-electron chi connectivity index (χ3n) is 3.90. The van der Waals surface area contributed by atoms with Crippen LogP contribution in [0.5, 0.6) is 5.75 Å². The van der Waals surface area contributed by atoms with E-state index in [1.165, 1.54) is 17.2 Å². The fourth-order valence-electron chi connectivity index (χ4n) is 2.55. The molecule has 3 nitrogen and oxygen atoms in total. The van der Waals surface area contributed by atoms with Crippen molar-refractivity contribution in [3.8, 4) is 5.75 Å². The summed E-state index contributed by atoms with van der Waals surface area (Å²) >= 11 is 0. The Bertz CT molecular complexity index is 824. The minimum Gasteiger partial charge on any atom is -0.496 e. The molecule has 0 saturated carbocycles. The monoisotopic (exact) mass is 310 g/mol. The smallest absolute Gasteiger partial charge is 0.336 e. The van der Waals surface area contributed by atoms with E-state index < -0.39 is 0 Å². The second-order valence-corrected chi connectivity index (χ2v) is 5.63. The summed E-state index contributed by atoms with van der Waals surface area (Å²) in [7, 11) is 1.69. The average Bonchev–Trinajstić information content (AvgIpc) is 2.49. The van der Waals surface area contributed by atoms with Crippen molar-refractivity contribution >= 4 is 12.2 Å². The van der Waals surface area contributed by atoms with Crippen LogP contribution in [-0.4, -0.2) is 7.11 Å². The Balaban J connectivity index is 2.25. The minimum absolute atomic E-state index is 0.328. The predicted octanol–water partition coefficient (Wildman–Crippen LogP) is 4.61. The van der Waals surface area contributed by atoms with Crippen LogP contribution in [0, 0.1) is 27.7 Å². The van der Waals surface area contributed by atoms with Gasteiger partial charge >= 0.3 is 5.63 Å². The van der Waals surface area contributed by atoms with Gasteiger partial charge in [0.1, 0.15) is 11.5 Å². The average molecular weight is 310 g/mol. The van der Waals surface area contributed by atoms with Gasteiger partial charge in [-0.25, -0.2) is 4.79 Å². The fourth-order valence-corrected chi connectivity index (χ4v) is 2.55. The van der Waals surface area contributed by atoms with Crippen LogP contribution in [0.1, 0.15) is 33.6 Å². The number of benzene rings is 1. The lowest BCUT2D eigenvalue weighted by molar-refractivity contribution is 0.411. The first-order valence-corrected chi connectivity index (χ1v) is 7.53. The molecule has 23 heavy (non-hydrogen) atoms. The van der Waals surface area contributed by atoms with Gasteiger partial charge in [-0.15, -0.1) is 0 Å². The van der Waals surface area contributed by atoms with E-state index in [2.05, 4.69) is 26.8 Å². The van der Waals surface area contributed by atoms with Gasteiger partial charge in [0.05, 0.1) is 7.11 Å². The van der Waals surface area contributed by atoms with E-state index in [4.69, 9.17) is 9.15 Å². The number of ether oxygens (including phenoxy) is 1. The molecule has 0 aliphatic rings. The molecule has 1 heterocycles. The molecular weight excluding hydrogens is 288 g/mol. The zero-order chi connectivity index (χ0) is 17.0. The summed E-state index contributed by atoms with van der Waals surface area (Å²) in [5.41, 5.74) is 5.25. The number of methoxy groups -OCH3 is 1. The first-order chi connectivity index (χ1) is 10.9. The van der Waals surface area contributed by atoms with Crippen LogP contribution in [0.4, 0.5) is 0 Å². The number of hydrogen-bond donors (Lipinski definition) is 0. The highest BCUT2D eigenvalue weighted by molar-refractivity contribution is 5.64. The molecule has 0 saturated heterocycles. The molecule has 0 radical (unpaired) electrons. The van der Waals surface area contributed by atoms with Gasteiger partial charge in [0, 0.05) is 6.07 Å². The summed E-state index contributed by atoms with van der Waals surface area (Å²) in [6, 6.07) is 5.35. The van der Waals surface area contributed by atoms with E-state index in [0.29, 0.717) is 5.76 Å². The maximum absolute atomic E-state index is 11.3. The quantitative estimate of drug-likeness (QED) is 0.774. The van der Waals surface area contributed by atoms with Crippen LogP contribution in [0.2, 0.25) is 0 Å². The van der Waals surface area contributed by atoms with E-state index in [1.807, 2.05) is 31.2 Å². The molecule has 0 bridgehead atoms. The molecular formula is C20H22O3. The van der Waals surface area contributed by atoms with Gasteiger partial charge in [-0.2, -0.15) is 0 Å². The number of aryl methyl sites for hydroxylation is 2. The minimum atomic E-state index is -0.328. The Morgan fingerprint density at radius 3 is 2.30 bits per heavy atom. The summed E-state index contributed by atoms with van der Waals surface area (Å²) in [6.07, 6.45) is 7.66. The Hall–Kier alpha value is -2.55. The van der Waals surface area contributed by atoms with E-state index in [1.54, 1.807) is 13.2 Å². The Kier molecular flexibility index (Phi) is 5.22. The molecule has 0 aliphatic carbocycles. The maximum atomic E-state index is 11.3. The highest BCUT2D eigenvalue weighted by Crippen LogP contribution is 2.28. The maximum Gasteiger partial charge on any atom is 0.336 e. The van der Waals surface area contributed by atoms with Crippen molar-refractivity contribution in [3.63, 3.8) is 0 Å². The third kappa shape index (κ3) is 4.01. The molecule has 120 valence electrons. The van der Waals surface area contributed by atoms with Gasteiger partial charge in [-0.3, -0.25) is 0 Å². The molecule has 0 atom stereocenters. The molecule has 0 aliphatic heterocycles. The molecule has 0 unspecified atom stereocenters. The van der Waals surface area contributed by atoms with Crippen molar-refractivity contribution < 1.29 is 9.15 Å². The molecule has 1 aromatic heterocycles. The summed E-state index contributed by atoms with van der Waals surface area (Å²) in [4.78, 5) is 11.3. The lowest BCUT2D eigenvalue weighted by Gasteiger charge is -2.13. The first-order valence-electron chi connectivity index (χ1n) is 7.53. The highest BCUT2D eigenvalue weighted by Gasteiger charge is 2.08. The largest absolute Gasteiger partial charge is 0.496 e. The van der Waals surface area contributed by atoms with Crippen molar-refractivity contribution in [2.45, 2.75) is 27.7 Å². The lowest BCUT2D eigenvalue weighted by Crippen LogP contribution is -1.97. The Morgan fingerprint density at radius 2 is 1.65 bits per heavy atom. The number of hydrogen-bond acceptors (Lipinski definition) is 3. The van der Waals surface area contributed by atoms with E-state index in [-0.39, 0.29) is 5.63 Å². The molecule has 0 fully saturated rings. The summed E-state index contributed by atoms with van der Waals surface area (Å²) < 4.78 is 10.5.